The van der Waals surface area contributed by atoms with Gasteiger partial charge in [-0.15, -0.1) is 0 Å². The molecule has 124 valence electrons. The van der Waals surface area contributed by atoms with Gasteiger partial charge < -0.3 is 15.0 Å². The molecule has 2 rings (SSSR count). The second-order valence-electron chi connectivity index (χ2n) is 6.88. The number of hydrogen-bond donors (Lipinski definition) is 2. The normalized spacial score (nSPS) is 13.1. The monoisotopic (exact) mass is 315 g/mol. The van der Waals surface area contributed by atoms with E-state index >= 15 is 0 Å². The van der Waals surface area contributed by atoms with Crippen molar-refractivity contribution in [3.8, 4) is 5.69 Å². The van der Waals surface area contributed by atoms with Crippen molar-refractivity contribution in [1.82, 2.24) is 14.9 Å². The Kier molecular flexibility index (Phi) is 5.21. The average molecular weight is 315 g/mol. The van der Waals surface area contributed by atoms with Crippen molar-refractivity contribution in [2.24, 2.45) is 11.3 Å². The topological polar surface area (TPSA) is 67.2 Å². The van der Waals surface area contributed by atoms with Gasteiger partial charge in [0.25, 0.3) is 5.91 Å². The highest BCUT2D eigenvalue weighted by Gasteiger charge is 2.30. The first-order valence-corrected chi connectivity index (χ1v) is 7.86. The van der Waals surface area contributed by atoms with Crippen molar-refractivity contribution in [2.45, 2.75) is 33.8 Å². The van der Waals surface area contributed by atoms with E-state index in [0.29, 0.717) is 12.1 Å². The van der Waals surface area contributed by atoms with E-state index in [4.69, 9.17) is 0 Å². The van der Waals surface area contributed by atoms with Gasteiger partial charge in [-0.3, -0.25) is 4.79 Å². The highest BCUT2D eigenvalue weighted by Crippen LogP contribution is 2.25. The number of amides is 1. The minimum Gasteiger partial charge on any atom is -0.392 e. The zero-order valence-electron chi connectivity index (χ0n) is 14.2. The predicted molar refractivity (Wildman–Crippen MR) is 90.5 cm³/mol. The summed E-state index contributed by atoms with van der Waals surface area (Å²) in [6, 6.07) is 7.34. The number of rotatable bonds is 6. The molecule has 2 N–H and O–H groups in total. The third-order valence-corrected chi connectivity index (χ3v) is 4.07. The van der Waals surface area contributed by atoms with Crippen molar-refractivity contribution in [3.05, 3.63) is 48.5 Å². The van der Waals surface area contributed by atoms with Gasteiger partial charge in [-0.05, 0) is 30.2 Å². The lowest BCUT2D eigenvalue weighted by Gasteiger charge is -2.33. The van der Waals surface area contributed by atoms with E-state index in [2.05, 4.69) is 10.3 Å². The third kappa shape index (κ3) is 4.20. The molecule has 0 fully saturated rings. The van der Waals surface area contributed by atoms with Crippen LogP contribution in [-0.2, 0) is 0 Å². The first-order valence-electron chi connectivity index (χ1n) is 7.86. The van der Waals surface area contributed by atoms with E-state index in [1.165, 1.54) is 0 Å². The summed E-state index contributed by atoms with van der Waals surface area (Å²) >= 11 is 0. The summed E-state index contributed by atoms with van der Waals surface area (Å²) in [4.78, 5) is 16.3. The van der Waals surface area contributed by atoms with E-state index in [9.17, 15) is 9.90 Å². The predicted octanol–water partition coefficient (Wildman–Crippen LogP) is 2.65. The summed E-state index contributed by atoms with van der Waals surface area (Å²) in [5.41, 5.74) is 1.18. The number of nitrogens with one attached hydrogen (secondary N) is 1. The Labute approximate surface area is 137 Å². The molecule has 1 unspecified atom stereocenters. The summed E-state index contributed by atoms with van der Waals surface area (Å²) in [6.07, 6.45) is 4.81. The standard InChI is InChI=1S/C18H25N3O2/c1-13(2)16(22)18(3,4)11-20-17(23)14-5-7-15(8-6-14)21-10-9-19-12-21/h5-10,12-13,16,22H,11H2,1-4H3,(H,20,23). The summed E-state index contributed by atoms with van der Waals surface area (Å²) in [6.45, 7) is 8.29. The lowest BCUT2D eigenvalue weighted by Crippen LogP contribution is -2.43. The van der Waals surface area contributed by atoms with Crippen LogP contribution in [0.4, 0.5) is 0 Å². The minimum atomic E-state index is -0.466. The van der Waals surface area contributed by atoms with E-state index in [-0.39, 0.29) is 17.2 Å². The van der Waals surface area contributed by atoms with E-state index < -0.39 is 6.10 Å². The Morgan fingerprint density at radius 2 is 1.96 bits per heavy atom. The summed E-state index contributed by atoms with van der Waals surface area (Å²) in [5, 5.41) is 13.1. The van der Waals surface area contributed by atoms with Gasteiger partial charge in [0.15, 0.2) is 0 Å². The fraction of sp³-hybridized carbons (Fsp3) is 0.444. The number of nitrogens with zero attached hydrogens (tertiary/aromatic N) is 2. The van der Waals surface area contributed by atoms with Crippen LogP contribution < -0.4 is 5.32 Å². The first kappa shape index (κ1) is 17.2. The Balaban J connectivity index is 1.98. The molecule has 0 aliphatic heterocycles. The second kappa shape index (κ2) is 6.96. The van der Waals surface area contributed by atoms with Gasteiger partial charge in [0.2, 0.25) is 0 Å². The van der Waals surface area contributed by atoms with Gasteiger partial charge in [-0.2, -0.15) is 0 Å². The number of aliphatic hydroxyl groups is 1. The zero-order chi connectivity index (χ0) is 17.0. The van der Waals surface area contributed by atoms with Crippen molar-refractivity contribution in [1.29, 1.82) is 0 Å². The maximum absolute atomic E-state index is 12.3. The number of carbonyl (C=O) groups excluding carboxylic acids is 1. The smallest absolute Gasteiger partial charge is 0.251 e. The molecule has 1 aromatic carbocycles. The van der Waals surface area contributed by atoms with Crippen molar-refractivity contribution < 1.29 is 9.90 Å². The highest BCUT2D eigenvalue weighted by atomic mass is 16.3. The lowest BCUT2D eigenvalue weighted by molar-refractivity contribution is 0.0138. The summed E-state index contributed by atoms with van der Waals surface area (Å²) in [5.74, 6) is 0.0163. The maximum atomic E-state index is 12.3. The molecule has 0 aliphatic rings. The summed E-state index contributed by atoms with van der Waals surface area (Å²) < 4.78 is 1.88. The molecule has 1 aromatic heterocycles. The number of aliphatic hydroxyl groups excluding tert-OH is 1. The van der Waals surface area contributed by atoms with Crippen LogP contribution in [0.25, 0.3) is 5.69 Å². The molecule has 5 nitrogen and oxygen atoms in total. The highest BCUT2D eigenvalue weighted by molar-refractivity contribution is 5.94. The molecule has 5 heteroatoms. The number of benzene rings is 1. The number of imidazole rings is 1. The van der Waals surface area contributed by atoms with Gasteiger partial charge in [0.05, 0.1) is 12.4 Å². The van der Waals surface area contributed by atoms with Crippen LogP contribution in [0.3, 0.4) is 0 Å². The van der Waals surface area contributed by atoms with Crippen molar-refractivity contribution in [3.63, 3.8) is 0 Å². The Morgan fingerprint density at radius 1 is 1.30 bits per heavy atom. The van der Waals surface area contributed by atoms with Crippen LogP contribution in [0, 0.1) is 11.3 Å². The lowest BCUT2D eigenvalue weighted by atomic mass is 9.80. The van der Waals surface area contributed by atoms with Crippen molar-refractivity contribution >= 4 is 5.91 Å². The zero-order valence-corrected chi connectivity index (χ0v) is 14.2. The number of hydrogen-bond acceptors (Lipinski definition) is 3. The van der Waals surface area contributed by atoms with E-state index in [1.807, 2.05) is 50.6 Å². The molecule has 0 saturated carbocycles. The van der Waals surface area contributed by atoms with Crippen LogP contribution in [0.2, 0.25) is 0 Å². The van der Waals surface area contributed by atoms with Gasteiger partial charge in [-0.25, -0.2) is 4.98 Å². The minimum absolute atomic E-state index is 0.133. The number of aromatic nitrogens is 2. The quantitative estimate of drug-likeness (QED) is 0.861. The summed E-state index contributed by atoms with van der Waals surface area (Å²) in [7, 11) is 0. The Hall–Kier alpha value is -2.14. The van der Waals surface area contributed by atoms with Gasteiger partial charge in [0.1, 0.15) is 0 Å². The van der Waals surface area contributed by atoms with Gasteiger partial charge >= 0.3 is 0 Å². The molecule has 1 atom stereocenters. The Bertz CT molecular complexity index is 631. The molecule has 0 bridgehead atoms. The molecule has 23 heavy (non-hydrogen) atoms. The molecular formula is C18H25N3O2. The molecule has 0 saturated heterocycles. The molecule has 1 heterocycles. The van der Waals surface area contributed by atoms with E-state index in [1.54, 1.807) is 24.7 Å². The number of carbonyl (C=O) groups is 1. The largest absolute Gasteiger partial charge is 0.392 e. The third-order valence-electron chi connectivity index (χ3n) is 4.07. The molecule has 2 aromatic rings. The SMILES string of the molecule is CC(C)C(O)C(C)(C)CNC(=O)c1ccc(-n2ccnc2)cc1. The van der Waals surface area contributed by atoms with Crippen LogP contribution in [-0.4, -0.2) is 33.2 Å². The van der Waals surface area contributed by atoms with Crippen LogP contribution in [0.15, 0.2) is 43.0 Å². The fourth-order valence-corrected chi connectivity index (χ4v) is 2.61. The Morgan fingerprint density at radius 3 is 2.48 bits per heavy atom. The maximum Gasteiger partial charge on any atom is 0.251 e. The molecular weight excluding hydrogens is 290 g/mol. The van der Waals surface area contributed by atoms with Gasteiger partial charge in [-0.1, -0.05) is 27.7 Å². The van der Waals surface area contributed by atoms with Gasteiger partial charge in [0, 0.05) is 35.6 Å². The molecule has 0 radical (unpaired) electrons. The molecule has 0 spiro atoms. The fourth-order valence-electron chi connectivity index (χ4n) is 2.61. The van der Waals surface area contributed by atoms with Crippen LogP contribution in [0.5, 0.6) is 0 Å². The van der Waals surface area contributed by atoms with Crippen LogP contribution in [0.1, 0.15) is 38.1 Å². The second-order valence-corrected chi connectivity index (χ2v) is 6.88. The average Bonchev–Trinajstić information content (AvgIpc) is 3.06. The van der Waals surface area contributed by atoms with Crippen LogP contribution >= 0.6 is 0 Å². The van der Waals surface area contributed by atoms with Crippen molar-refractivity contribution in [2.75, 3.05) is 6.54 Å². The molecule has 1 amide bonds. The first-order chi connectivity index (χ1) is 10.8. The molecule has 0 aliphatic carbocycles. The van der Waals surface area contributed by atoms with E-state index in [0.717, 1.165) is 5.69 Å².